The molecule has 1 aliphatic heterocycles. The highest BCUT2D eigenvalue weighted by Gasteiger charge is 2.20. The van der Waals surface area contributed by atoms with E-state index in [0.29, 0.717) is 12.1 Å². The van der Waals surface area contributed by atoms with Crippen molar-refractivity contribution in [1.29, 1.82) is 0 Å². The van der Waals surface area contributed by atoms with E-state index in [1.165, 1.54) is 35.6 Å². The molecule has 1 unspecified atom stereocenters. The lowest BCUT2D eigenvalue weighted by Crippen LogP contribution is -2.41. The second-order valence-electron chi connectivity index (χ2n) is 5.49. The molecule has 3 nitrogen and oxygen atoms in total. The number of thiazole rings is 1. The zero-order chi connectivity index (χ0) is 13.2. The van der Waals surface area contributed by atoms with Gasteiger partial charge in [-0.3, -0.25) is 0 Å². The quantitative estimate of drug-likeness (QED) is 0.933. The molecule has 1 N–H and O–H groups in total. The van der Waals surface area contributed by atoms with Crippen molar-refractivity contribution in [3.05, 3.63) is 29.3 Å². The monoisotopic (exact) mass is 275 g/mol. The normalized spacial score (nSPS) is 19.9. The Balaban J connectivity index is 1.68. The molecule has 0 aliphatic carbocycles. The summed E-state index contributed by atoms with van der Waals surface area (Å²) in [5.41, 5.74) is 1.12. The molecule has 1 atom stereocenters. The first kappa shape index (κ1) is 13.0. The third-order valence-corrected chi connectivity index (χ3v) is 5.10. The molecular formula is C15H21N3S. The molecule has 0 spiro atoms. The molecule has 3 rings (SSSR count). The van der Waals surface area contributed by atoms with E-state index in [-0.39, 0.29) is 0 Å². The number of likely N-dealkylation sites (tertiary alicyclic amines) is 1. The van der Waals surface area contributed by atoms with Gasteiger partial charge in [-0.15, -0.1) is 11.3 Å². The molecular weight excluding hydrogens is 254 g/mol. The Morgan fingerprint density at radius 3 is 2.79 bits per heavy atom. The minimum Gasteiger partial charge on any atom is -0.306 e. The van der Waals surface area contributed by atoms with Crippen LogP contribution in [0.3, 0.4) is 0 Å². The summed E-state index contributed by atoms with van der Waals surface area (Å²) in [5.74, 6) is 0. The van der Waals surface area contributed by atoms with E-state index >= 15 is 0 Å². The number of hydrogen-bond acceptors (Lipinski definition) is 4. The first-order valence-corrected chi connectivity index (χ1v) is 7.84. The van der Waals surface area contributed by atoms with E-state index in [9.17, 15) is 0 Å². The molecule has 0 amide bonds. The summed E-state index contributed by atoms with van der Waals surface area (Å²) in [7, 11) is 2.20. The Morgan fingerprint density at radius 2 is 2.05 bits per heavy atom. The number of aromatic nitrogens is 1. The van der Waals surface area contributed by atoms with Crippen LogP contribution in [0, 0.1) is 0 Å². The molecule has 2 aromatic rings. The summed E-state index contributed by atoms with van der Waals surface area (Å²) in [6.45, 7) is 4.63. The molecule has 0 saturated carbocycles. The van der Waals surface area contributed by atoms with Crippen LogP contribution in [-0.2, 0) is 0 Å². The third-order valence-electron chi connectivity index (χ3n) is 3.89. The lowest BCUT2D eigenvalue weighted by molar-refractivity contribution is 0.226. The largest absolute Gasteiger partial charge is 0.306 e. The Kier molecular flexibility index (Phi) is 3.82. The summed E-state index contributed by atoms with van der Waals surface area (Å²) >= 11 is 1.81. The van der Waals surface area contributed by atoms with E-state index in [1.807, 2.05) is 11.3 Å². The summed E-state index contributed by atoms with van der Waals surface area (Å²) in [6, 6.07) is 9.38. The Labute approximate surface area is 118 Å². The fourth-order valence-electron chi connectivity index (χ4n) is 2.68. The van der Waals surface area contributed by atoms with Crippen molar-refractivity contribution in [2.24, 2.45) is 0 Å². The van der Waals surface area contributed by atoms with Crippen LogP contribution < -0.4 is 5.32 Å². The fraction of sp³-hybridized carbons (Fsp3) is 0.533. The van der Waals surface area contributed by atoms with Crippen molar-refractivity contribution in [3.8, 4) is 0 Å². The number of hydrogen-bond donors (Lipinski definition) is 1. The Morgan fingerprint density at radius 1 is 1.32 bits per heavy atom. The number of nitrogens with zero attached hydrogens (tertiary/aromatic N) is 2. The van der Waals surface area contributed by atoms with Crippen LogP contribution in [0.4, 0.5) is 0 Å². The Bertz CT molecular complexity index is 510. The van der Waals surface area contributed by atoms with Crippen molar-refractivity contribution in [3.63, 3.8) is 0 Å². The zero-order valence-corrected chi connectivity index (χ0v) is 12.4. The van der Waals surface area contributed by atoms with Crippen LogP contribution >= 0.6 is 11.3 Å². The maximum atomic E-state index is 4.74. The standard InChI is InChI=1S/C15H21N3S/c1-11(16-12-7-9-18(2)10-8-12)15-17-13-5-3-4-6-14(13)19-15/h3-6,11-12,16H,7-10H2,1-2H3. The summed E-state index contributed by atoms with van der Waals surface area (Å²) < 4.78 is 1.29. The van der Waals surface area contributed by atoms with E-state index < -0.39 is 0 Å². The van der Waals surface area contributed by atoms with Crippen molar-refractivity contribution in [2.45, 2.75) is 31.8 Å². The molecule has 1 fully saturated rings. The molecule has 1 aromatic heterocycles. The average molecular weight is 275 g/mol. The van der Waals surface area contributed by atoms with E-state index in [0.717, 1.165) is 5.52 Å². The van der Waals surface area contributed by atoms with Crippen LogP contribution in [-0.4, -0.2) is 36.1 Å². The number of para-hydroxylation sites is 1. The highest BCUT2D eigenvalue weighted by Crippen LogP contribution is 2.26. The molecule has 102 valence electrons. The highest BCUT2D eigenvalue weighted by atomic mass is 32.1. The fourth-order valence-corrected chi connectivity index (χ4v) is 3.65. The number of fused-ring (bicyclic) bond motifs is 1. The van der Waals surface area contributed by atoms with Crippen LogP contribution in [0.1, 0.15) is 30.8 Å². The van der Waals surface area contributed by atoms with Gasteiger partial charge in [0.25, 0.3) is 0 Å². The molecule has 2 heterocycles. The van der Waals surface area contributed by atoms with Crippen LogP contribution in [0.25, 0.3) is 10.2 Å². The SMILES string of the molecule is CC(NC1CCN(C)CC1)c1nc2ccccc2s1. The van der Waals surface area contributed by atoms with Crippen molar-refractivity contribution in [2.75, 3.05) is 20.1 Å². The maximum absolute atomic E-state index is 4.74. The number of piperidine rings is 1. The maximum Gasteiger partial charge on any atom is 0.111 e. The lowest BCUT2D eigenvalue weighted by Gasteiger charge is -2.31. The minimum absolute atomic E-state index is 0.353. The van der Waals surface area contributed by atoms with Gasteiger partial charge < -0.3 is 10.2 Å². The molecule has 1 aromatic carbocycles. The molecule has 1 aliphatic rings. The minimum atomic E-state index is 0.353. The van der Waals surface area contributed by atoms with E-state index in [1.54, 1.807) is 0 Å². The third kappa shape index (κ3) is 2.96. The van der Waals surface area contributed by atoms with Gasteiger partial charge in [0.1, 0.15) is 5.01 Å². The van der Waals surface area contributed by atoms with Crippen molar-refractivity contribution < 1.29 is 0 Å². The molecule has 0 bridgehead atoms. The Hall–Kier alpha value is -0.970. The van der Waals surface area contributed by atoms with Crippen molar-refractivity contribution in [1.82, 2.24) is 15.2 Å². The summed E-state index contributed by atoms with van der Waals surface area (Å²) in [5, 5.41) is 4.95. The van der Waals surface area contributed by atoms with Crippen LogP contribution in [0.5, 0.6) is 0 Å². The van der Waals surface area contributed by atoms with Gasteiger partial charge in [-0.2, -0.15) is 0 Å². The van der Waals surface area contributed by atoms with Gasteiger partial charge in [-0.1, -0.05) is 12.1 Å². The van der Waals surface area contributed by atoms with Gasteiger partial charge in [0.15, 0.2) is 0 Å². The molecule has 19 heavy (non-hydrogen) atoms. The zero-order valence-electron chi connectivity index (χ0n) is 11.6. The van der Waals surface area contributed by atoms with Crippen LogP contribution in [0.15, 0.2) is 24.3 Å². The van der Waals surface area contributed by atoms with E-state index in [4.69, 9.17) is 4.98 Å². The van der Waals surface area contributed by atoms with E-state index in [2.05, 4.69) is 48.5 Å². The number of benzene rings is 1. The number of rotatable bonds is 3. The lowest BCUT2D eigenvalue weighted by atomic mass is 10.0. The van der Waals surface area contributed by atoms with Gasteiger partial charge in [0.2, 0.25) is 0 Å². The average Bonchev–Trinajstić information content (AvgIpc) is 2.85. The summed E-state index contributed by atoms with van der Waals surface area (Å²) in [4.78, 5) is 7.14. The topological polar surface area (TPSA) is 28.2 Å². The molecule has 1 saturated heterocycles. The highest BCUT2D eigenvalue weighted by molar-refractivity contribution is 7.18. The van der Waals surface area contributed by atoms with Crippen LogP contribution in [0.2, 0.25) is 0 Å². The van der Waals surface area contributed by atoms with Crippen molar-refractivity contribution >= 4 is 21.6 Å². The molecule has 0 radical (unpaired) electrons. The van der Waals surface area contributed by atoms with Gasteiger partial charge in [-0.05, 0) is 52.0 Å². The first-order valence-electron chi connectivity index (χ1n) is 7.02. The predicted octanol–water partition coefficient (Wildman–Crippen LogP) is 3.04. The number of nitrogens with one attached hydrogen (secondary N) is 1. The second-order valence-corrected chi connectivity index (χ2v) is 6.55. The van der Waals surface area contributed by atoms with Gasteiger partial charge in [0.05, 0.1) is 16.3 Å². The van der Waals surface area contributed by atoms with Gasteiger partial charge >= 0.3 is 0 Å². The van der Waals surface area contributed by atoms with Gasteiger partial charge in [-0.25, -0.2) is 4.98 Å². The predicted molar refractivity (Wildman–Crippen MR) is 81.7 cm³/mol. The summed E-state index contributed by atoms with van der Waals surface area (Å²) in [6.07, 6.45) is 2.48. The van der Waals surface area contributed by atoms with Gasteiger partial charge in [0, 0.05) is 6.04 Å². The first-order chi connectivity index (χ1) is 9.22. The molecule has 4 heteroatoms. The smallest absolute Gasteiger partial charge is 0.111 e. The second kappa shape index (κ2) is 5.57.